The second kappa shape index (κ2) is 9.45. The summed E-state index contributed by atoms with van der Waals surface area (Å²) in [6, 6.07) is 0. The fraction of sp³-hybridized carbons (Fsp3) is 0.667. The summed E-state index contributed by atoms with van der Waals surface area (Å²) in [5, 5.41) is 3.05. The SMILES string of the molecule is C=CCSCCNC(N)=NCCC. The van der Waals surface area contributed by atoms with Gasteiger partial charge < -0.3 is 11.1 Å². The molecule has 0 unspecified atom stereocenters. The smallest absolute Gasteiger partial charge is 0.188 e. The molecule has 0 aliphatic carbocycles. The van der Waals surface area contributed by atoms with Gasteiger partial charge in [0.2, 0.25) is 0 Å². The number of nitrogens with two attached hydrogens (primary N) is 1. The van der Waals surface area contributed by atoms with Gasteiger partial charge in [-0.15, -0.1) is 6.58 Å². The van der Waals surface area contributed by atoms with Crippen molar-refractivity contribution in [2.45, 2.75) is 13.3 Å². The molecule has 0 atom stereocenters. The molecule has 0 saturated carbocycles. The highest BCUT2D eigenvalue weighted by atomic mass is 32.2. The van der Waals surface area contributed by atoms with Crippen LogP contribution >= 0.6 is 11.8 Å². The first-order valence-electron chi connectivity index (χ1n) is 4.53. The Bertz CT molecular complexity index is 157. The fourth-order valence-corrected chi connectivity index (χ4v) is 1.29. The van der Waals surface area contributed by atoms with E-state index in [2.05, 4.69) is 23.8 Å². The molecule has 0 aromatic rings. The van der Waals surface area contributed by atoms with Crippen LogP contribution in [0.3, 0.4) is 0 Å². The average Bonchev–Trinajstić information content (AvgIpc) is 2.14. The molecule has 0 spiro atoms. The van der Waals surface area contributed by atoms with Crippen molar-refractivity contribution < 1.29 is 0 Å². The Labute approximate surface area is 84.9 Å². The van der Waals surface area contributed by atoms with Crippen LogP contribution in [0.1, 0.15) is 13.3 Å². The first kappa shape index (κ1) is 12.4. The van der Waals surface area contributed by atoms with Crippen LogP contribution in [-0.2, 0) is 0 Å². The van der Waals surface area contributed by atoms with E-state index in [0.717, 1.165) is 31.0 Å². The van der Waals surface area contributed by atoms with Gasteiger partial charge in [-0.3, -0.25) is 4.99 Å². The van der Waals surface area contributed by atoms with E-state index in [9.17, 15) is 0 Å². The van der Waals surface area contributed by atoms with Crippen molar-refractivity contribution in [3.63, 3.8) is 0 Å². The molecule has 0 aliphatic rings. The van der Waals surface area contributed by atoms with E-state index in [4.69, 9.17) is 5.73 Å². The number of nitrogens with zero attached hydrogens (tertiary/aromatic N) is 1. The second-order valence-electron chi connectivity index (χ2n) is 2.56. The molecule has 0 bridgehead atoms. The maximum Gasteiger partial charge on any atom is 0.188 e. The van der Waals surface area contributed by atoms with Crippen LogP contribution in [0.2, 0.25) is 0 Å². The van der Waals surface area contributed by atoms with Crippen molar-refractivity contribution in [1.82, 2.24) is 5.32 Å². The molecule has 0 heterocycles. The number of thioether (sulfide) groups is 1. The third kappa shape index (κ3) is 9.27. The zero-order valence-corrected chi connectivity index (χ0v) is 9.07. The number of hydrogen-bond acceptors (Lipinski definition) is 2. The number of aliphatic imine (C=N–C) groups is 1. The van der Waals surface area contributed by atoms with E-state index < -0.39 is 0 Å². The maximum atomic E-state index is 5.58. The van der Waals surface area contributed by atoms with E-state index >= 15 is 0 Å². The molecule has 0 aliphatic heterocycles. The van der Waals surface area contributed by atoms with Crippen molar-refractivity contribution in [1.29, 1.82) is 0 Å². The molecular weight excluding hydrogens is 182 g/mol. The summed E-state index contributed by atoms with van der Waals surface area (Å²) in [7, 11) is 0. The Balaban J connectivity index is 3.25. The van der Waals surface area contributed by atoms with Crippen LogP contribution in [0.5, 0.6) is 0 Å². The third-order valence-corrected chi connectivity index (χ3v) is 2.26. The Morgan fingerprint density at radius 1 is 1.69 bits per heavy atom. The van der Waals surface area contributed by atoms with Crippen LogP contribution in [0, 0.1) is 0 Å². The maximum absolute atomic E-state index is 5.58. The van der Waals surface area contributed by atoms with Crippen molar-refractivity contribution in [2.75, 3.05) is 24.6 Å². The fourth-order valence-electron chi connectivity index (χ4n) is 0.706. The van der Waals surface area contributed by atoms with E-state index in [0.29, 0.717) is 5.96 Å². The predicted octanol–water partition coefficient (Wildman–Crippen LogP) is 1.22. The summed E-state index contributed by atoms with van der Waals surface area (Å²) in [5.41, 5.74) is 5.58. The average molecular weight is 201 g/mol. The van der Waals surface area contributed by atoms with Crippen LogP contribution in [-0.4, -0.2) is 30.6 Å². The predicted molar refractivity (Wildman–Crippen MR) is 62.3 cm³/mol. The van der Waals surface area contributed by atoms with E-state index in [-0.39, 0.29) is 0 Å². The zero-order chi connectivity index (χ0) is 9.94. The van der Waals surface area contributed by atoms with Gasteiger partial charge in [-0.05, 0) is 6.42 Å². The van der Waals surface area contributed by atoms with Crippen molar-refractivity contribution in [3.05, 3.63) is 12.7 Å². The minimum atomic E-state index is 0.557. The molecule has 0 aromatic carbocycles. The summed E-state index contributed by atoms with van der Waals surface area (Å²) in [6.07, 6.45) is 2.94. The van der Waals surface area contributed by atoms with E-state index in [1.807, 2.05) is 17.8 Å². The second-order valence-corrected chi connectivity index (χ2v) is 3.71. The summed E-state index contributed by atoms with van der Waals surface area (Å²) in [5.74, 6) is 2.59. The van der Waals surface area contributed by atoms with Gasteiger partial charge in [0.15, 0.2) is 5.96 Å². The van der Waals surface area contributed by atoms with Crippen LogP contribution in [0.15, 0.2) is 17.6 Å². The normalized spacial score (nSPS) is 11.3. The molecule has 0 fully saturated rings. The van der Waals surface area contributed by atoms with Gasteiger partial charge >= 0.3 is 0 Å². The minimum Gasteiger partial charge on any atom is -0.370 e. The molecule has 0 radical (unpaired) electrons. The highest BCUT2D eigenvalue weighted by molar-refractivity contribution is 7.99. The zero-order valence-electron chi connectivity index (χ0n) is 8.25. The van der Waals surface area contributed by atoms with Crippen LogP contribution in [0.4, 0.5) is 0 Å². The monoisotopic (exact) mass is 201 g/mol. The summed E-state index contributed by atoms with van der Waals surface area (Å²) >= 11 is 1.83. The Kier molecular flexibility index (Phi) is 8.98. The molecule has 76 valence electrons. The molecule has 0 amide bonds. The highest BCUT2D eigenvalue weighted by Gasteiger charge is 1.89. The molecule has 0 rings (SSSR count). The lowest BCUT2D eigenvalue weighted by Crippen LogP contribution is -2.33. The number of rotatable bonds is 7. The molecule has 0 saturated heterocycles. The molecule has 4 heteroatoms. The van der Waals surface area contributed by atoms with Gasteiger partial charge in [-0.1, -0.05) is 13.0 Å². The largest absolute Gasteiger partial charge is 0.370 e. The number of nitrogens with one attached hydrogen (secondary N) is 1. The van der Waals surface area contributed by atoms with E-state index in [1.165, 1.54) is 0 Å². The van der Waals surface area contributed by atoms with Gasteiger partial charge in [0.05, 0.1) is 0 Å². The molecule has 13 heavy (non-hydrogen) atoms. The van der Waals surface area contributed by atoms with Crippen LogP contribution < -0.4 is 11.1 Å². The third-order valence-electron chi connectivity index (χ3n) is 1.29. The lowest BCUT2D eigenvalue weighted by Gasteiger charge is -2.03. The summed E-state index contributed by atoms with van der Waals surface area (Å²) < 4.78 is 0. The van der Waals surface area contributed by atoms with Crippen molar-refractivity contribution in [2.24, 2.45) is 10.7 Å². The Morgan fingerprint density at radius 3 is 3.08 bits per heavy atom. The first-order valence-corrected chi connectivity index (χ1v) is 5.69. The van der Waals surface area contributed by atoms with Gasteiger partial charge in [-0.2, -0.15) is 11.8 Å². The molecule has 3 nitrogen and oxygen atoms in total. The summed E-state index contributed by atoms with van der Waals surface area (Å²) in [6.45, 7) is 7.40. The summed E-state index contributed by atoms with van der Waals surface area (Å²) in [4.78, 5) is 4.11. The molecule has 3 N–H and O–H groups in total. The highest BCUT2D eigenvalue weighted by Crippen LogP contribution is 1.96. The van der Waals surface area contributed by atoms with Crippen LogP contribution in [0.25, 0.3) is 0 Å². The molecular formula is C9H19N3S. The topological polar surface area (TPSA) is 50.4 Å². The van der Waals surface area contributed by atoms with Gasteiger partial charge in [0.1, 0.15) is 0 Å². The van der Waals surface area contributed by atoms with Gasteiger partial charge in [0.25, 0.3) is 0 Å². The standard InChI is InChI=1S/C9H19N3S/c1-3-5-11-9(10)12-6-8-13-7-4-2/h4H,2-3,5-8H2,1H3,(H3,10,11,12). The van der Waals surface area contributed by atoms with Gasteiger partial charge in [0, 0.05) is 24.6 Å². The lowest BCUT2D eigenvalue weighted by molar-refractivity contribution is 0.892. The van der Waals surface area contributed by atoms with Gasteiger partial charge in [-0.25, -0.2) is 0 Å². The number of guanidine groups is 1. The Hall–Kier alpha value is -0.640. The first-order chi connectivity index (χ1) is 6.31. The van der Waals surface area contributed by atoms with Crippen molar-refractivity contribution in [3.8, 4) is 0 Å². The quantitative estimate of drug-likeness (QED) is 0.282. The number of hydrogen-bond donors (Lipinski definition) is 2. The Morgan fingerprint density at radius 2 is 2.46 bits per heavy atom. The molecule has 0 aromatic heterocycles. The minimum absolute atomic E-state index is 0.557. The van der Waals surface area contributed by atoms with E-state index in [1.54, 1.807) is 0 Å². The van der Waals surface area contributed by atoms with Crippen molar-refractivity contribution >= 4 is 17.7 Å². The lowest BCUT2D eigenvalue weighted by atomic mass is 10.5.